The average Bonchev–Trinajstić information content (AvgIpc) is 2.13. The third-order valence-electron chi connectivity index (χ3n) is 2.46. The molecule has 0 radical (unpaired) electrons. The van der Waals surface area contributed by atoms with Gasteiger partial charge in [-0.3, -0.25) is 0 Å². The normalized spacial score (nSPS) is 55.4. The smallest absolute Gasteiger partial charge is 0.166 e. The molecule has 0 amide bonds. The van der Waals surface area contributed by atoms with Gasteiger partial charge in [0, 0.05) is 0 Å². The minimum Gasteiger partial charge on any atom is -0.394 e. The van der Waals surface area contributed by atoms with Crippen LogP contribution in [0.1, 0.15) is 6.92 Å². The molecule has 64 valence electrons. The van der Waals surface area contributed by atoms with Crippen molar-refractivity contribution in [3.8, 4) is 0 Å². The van der Waals surface area contributed by atoms with Gasteiger partial charge in [-0.2, -0.15) is 0 Å². The maximum Gasteiger partial charge on any atom is 0.166 e. The fourth-order valence-electron chi connectivity index (χ4n) is 1.71. The second-order valence-electron chi connectivity index (χ2n) is 3.13. The molecule has 2 saturated heterocycles. The van der Waals surface area contributed by atoms with E-state index < -0.39 is 6.10 Å². The Hall–Kier alpha value is -0.160. The molecule has 0 aromatic rings. The highest BCUT2D eigenvalue weighted by Gasteiger charge is 2.54. The zero-order chi connectivity index (χ0) is 8.01. The summed E-state index contributed by atoms with van der Waals surface area (Å²) < 4.78 is 10.3. The van der Waals surface area contributed by atoms with Crippen LogP contribution >= 0.6 is 0 Å². The Kier molecular flexibility index (Phi) is 1.64. The van der Waals surface area contributed by atoms with Gasteiger partial charge in [-0.05, 0) is 6.92 Å². The molecule has 2 aliphatic heterocycles. The van der Waals surface area contributed by atoms with Crippen LogP contribution in [0.5, 0.6) is 0 Å². The molecule has 4 nitrogen and oxygen atoms in total. The Labute approximate surface area is 64.7 Å². The van der Waals surface area contributed by atoms with Crippen molar-refractivity contribution in [1.82, 2.24) is 0 Å². The first-order chi connectivity index (χ1) is 5.24. The summed E-state index contributed by atoms with van der Waals surface area (Å²) in [6.45, 7) is 1.77. The van der Waals surface area contributed by atoms with Crippen LogP contribution in [0.3, 0.4) is 0 Å². The number of ether oxygens (including phenoxy) is 2. The van der Waals surface area contributed by atoms with Gasteiger partial charge < -0.3 is 19.7 Å². The van der Waals surface area contributed by atoms with Crippen molar-refractivity contribution >= 4 is 0 Å². The second kappa shape index (κ2) is 2.42. The van der Waals surface area contributed by atoms with Crippen LogP contribution in [0.4, 0.5) is 0 Å². The quantitative estimate of drug-likeness (QED) is 0.522. The first kappa shape index (κ1) is 7.49. The van der Waals surface area contributed by atoms with E-state index in [1.54, 1.807) is 6.92 Å². The summed E-state index contributed by atoms with van der Waals surface area (Å²) >= 11 is 0. The van der Waals surface area contributed by atoms with Crippen molar-refractivity contribution in [3.63, 3.8) is 0 Å². The molecule has 0 aliphatic carbocycles. The lowest BCUT2D eigenvalue weighted by Crippen LogP contribution is -2.52. The lowest BCUT2D eigenvalue weighted by atomic mass is 9.91. The first-order valence-electron chi connectivity index (χ1n) is 3.84. The van der Waals surface area contributed by atoms with E-state index in [0.717, 1.165) is 0 Å². The first-order valence-corrected chi connectivity index (χ1v) is 3.84. The van der Waals surface area contributed by atoms with Crippen molar-refractivity contribution in [2.24, 2.45) is 5.92 Å². The van der Waals surface area contributed by atoms with Crippen LogP contribution in [0.2, 0.25) is 0 Å². The van der Waals surface area contributed by atoms with Crippen molar-refractivity contribution in [3.05, 3.63) is 0 Å². The maximum absolute atomic E-state index is 9.47. The van der Waals surface area contributed by atoms with Gasteiger partial charge >= 0.3 is 0 Å². The van der Waals surface area contributed by atoms with Crippen LogP contribution in [0, 0.1) is 5.92 Å². The molecule has 0 saturated carbocycles. The summed E-state index contributed by atoms with van der Waals surface area (Å²) in [6.07, 6.45) is -1.15. The Morgan fingerprint density at radius 1 is 1.36 bits per heavy atom. The standard InChI is InChI=1S/C7H12O4/c1-3-6(9)5-4(2-8)11-7(5)10-3/h3-9H,2H2,1H3/t3-,4?,5?,6?,7-/m1/s1. The van der Waals surface area contributed by atoms with Gasteiger partial charge in [0.25, 0.3) is 0 Å². The van der Waals surface area contributed by atoms with Gasteiger partial charge in [0.05, 0.1) is 30.8 Å². The third-order valence-corrected chi connectivity index (χ3v) is 2.46. The number of aliphatic hydroxyl groups excluding tert-OH is 2. The van der Waals surface area contributed by atoms with Gasteiger partial charge in [-0.1, -0.05) is 0 Å². The van der Waals surface area contributed by atoms with E-state index in [1.165, 1.54) is 0 Å². The van der Waals surface area contributed by atoms with E-state index in [9.17, 15) is 5.11 Å². The molecule has 2 fully saturated rings. The highest BCUT2D eigenvalue weighted by molar-refractivity contribution is 4.95. The van der Waals surface area contributed by atoms with E-state index in [1.807, 2.05) is 0 Å². The Bertz CT molecular complexity index is 157. The minimum atomic E-state index is -0.481. The molecule has 3 unspecified atom stereocenters. The Morgan fingerprint density at radius 2 is 2.09 bits per heavy atom. The van der Waals surface area contributed by atoms with Crippen LogP contribution < -0.4 is 0 Å². The molecule has 2 rings (SSSR count). The zero-order valence-electron chi connectivity index (χ0n) is 6.30. The number of hydrogen-bond donors (Lipinski definition) is 2. The van der Waals surface area contributed by atoms with E-state index in [0.29, 0.717) is 0 Å². The molecule has 0 bridgehead atoms. The Balaban J connectivity index is 2.03. The summed E-state index contributed by atoms with van der Waals surface area (Å²) in [4.78, 5) is 0. The SMILES string of the molecule is C[C@H]1O[C@@H]2OC(CO)C2C1O. The Morgan fingerprint density at radius 3 is 2.64 bits per heavy atom. The molecular weight excluding hydrogens is 148 g/mol. The largest absolute Gasteiger partial charge is 0.394 e. The zero-order valence-corrected chi connectivity index (χ0v) is 6.30. The third kappa shape index (κ3) is 0.906. The molecule has 5 atom stereocenters. The lowest BCUT2D eigenvalue weighted by molar-refractivity contribution is -0.280. The van der Waals surface area contributed by atoms with Gasteiger partial charge in [0.1, 0.15) is 0 Å². The van der Waals surface area contributed by atoms with Gasteiger partial charge in [0.2, 0.25) is 0 Å². The fraction of sp³-hybridized carbons (Fsp3) is 1.00. The summed E-state index contributed by atoms with van der Waals surface area (Å²) in [6, 6.07) is 0. The molecule has 0 aromatic heterocycles. The monoisotopic (exact) mass is 160 g/mol. The van der Waals surface area contributed by atoms with Gasteiger partial charge in [-0.15, -0.1) is 0 Å². The van der Waals surface area contributed by atoms with E-state index in [2.05, 4.69) is 0 Å². The van der Waals surface area contributed by atoms with Crippen LogP contribution in [0.25, 0.3) is 0 Å². The molecule has 0 spiro atoms. The topological polar surface area (TPSA) is 58.9 Å². The highest BCUT2D eigenvalue weighted by atomic mass is 16.7. The number of aliphatic hydroxyl groups is 2. The van der Waals surface area contributed by atoms with E-state index >= 15 is 0 Å². The summed E-state index contributed by atoms with van der Waals surface area (Å²) in [5.41, 5.74) is 0. The van der Waals surface area contributed by atoms with Crippen LogP contribution in [0.15, 0.2) is 0 Å². The molecule has 11 heavy (non-hydrogen) atoms. The molecule has 0 aromatic carbocycles. The molecular formula is C7H12O4. The van der Waals surface area contributed by atoms with Gasteiger partial charge in [-0.25, -0.2) is 0 Å². The highest BCUT2D eigenvalue weighted by Crippen LogP contribution is 2.40. The summed E-state index contributed by atoms with van der Waals surface area (Å²) in [5, 5.41) is 18.2. The maximum atomic E-state index is 9.47. The number of rotatable bonds is 1. The van der Waals surface area contributed by atoms with Crippen LogP contribution in [-0.4, -0.2) is 41.4 Å². The molecule has 2 aliphatic rings. The molecule has 2 N–H and O–H groups in total. The van der Waals surface area contributed by atoms with E-state index in [-0.39, 0.29) is 31.0 Å². The van der Waals surface area contributed by atoms with Crippen molar-refractivity contribution in [2.75, 3.05) is 6.61 Å². The predicted octanol–water partition coefficient (Wildman–Crippen LogP) is -0.901. The summed E-state index contributed by atoms with van der Waals surface area (Å²) in [7, 11) is 0. The van der Waals surface area contributed by atoms with Crippen molar-refractivity contribution < 1.29 is 19.7 Å². The van der Waals surface area contributed by atoms with Crippen molar-refractivity contribution in [1.29, 1.82) is 0 Å². The van der Waals surface area contributed by atoms with Gasteiger partial charge in [0.15, 0.2) is 6.29 Å². The second-order valence-corrected chi connectivity index (χ2v) is 3.13. The molecule has 2 heterocycles. The van der Waals surface area contributed by atoms with Crippen LogP contribution in [-0.2, 0) is 9.47 Å². The average molecular weight is 160 g/mol. The number of hydrogen-bond acceptors (Lipinski definition) is 4. The van der Waals surface area contributed by atoms with Crippen molar-refractivity contribution in [2.45, 2.75) is 31.5 Å². The minimum absolute atomic E-state index is 0.0185. The predicted molar refractivity (Wildman–Crippen MR) is 35.8 cm³/mol. The van der Waals surface area contributed by atoms with E-state index in [4.69, 9.17) is 14.6 Å². The lowest BCUT2D eigenvalue weighted by Gasteiger charge is -2.38. The fourth-order valence-corrected chi connectivity index (χ4v) is 1.71. The summed E-state index contributed by atoms with van der Waals surface area (Å²) in [5.74, 6) is -0.0185. The molecule has 4 heteroatoms. The number of fused-ring (bicyclic) bond motifs is 1.